The van der Waals surface area contributed by atoms with Gasteiger partial charge in [-0.3, -0.25) is 9.69 Å². The van der Waals surface area contributed by atoms with Gasteiger partial charge in [0.1, 0.15) is 0 Å². The van der Waals surface area contributed by atoms with E-state index in [4.69, 9.17) is 0 Å². The van der Waals surface area contributed by atoms with Crippen LogP contribution in [0.25, 0.3) is 0 Å². The molecule has 0 unspecified atom stereocenters. The molecule has 0 bridgehead atoms. The summed E-state index contributed by atoms with van der Waals surface area (Å²) < 4.78 is 38.9. The molecule has 0 saturated carbocycles. The van der Waals surface area contributed by atoms with Crippen molar-refractivity contribution >= 4 is 22.9 Å². The third kappa shape index (κ3) is 4.56. The molecular weight excluding hydrogens is 325 g/mol. The Morgan fingerprint density at radius 2 is 1.96 bits per heavy atom. The van der Waals surface area contributed by atoms with Crippen LogP contribution in [-0.2, 0) is 17.5 Å². The number of hydrogen-bond acceptors (Lipinski definition) is 3. The van der Waals surface area contributed by atoms with E-state index in [1.807, 2.05) is 17.5 Å². The second kappa shape index (κ2) is 7.14. The molecule has 0 saturated heterocycles. The number of carbonyl (C=O) groups is 1. The zero-order valence-corrected chi connectivity index (χ0v) is 13.5. The Hall–Kier alpha value is -1.86. The van der Waals surface area contributed by atoms with E-state index in [1.54, 1.807) is 30.2 Å². The molecule has 2 rings (SSSR count). The lowest BCUT2D eigenvalue weighted by atomic mass is 10.1. The van der Waals surface area contributed by atoms with E-state index >= 15 is 0 Å². The molecule has 23 heavy (non-hydrogen) atoms. The average molecular weight is 342 g/mol. The topological polar surface area (TPSA) is 32.3 Å². The number of nitrogens with zero attached hydrogens (tertiary/aromatic N) is 1. The maximum Gasteiger partial charge on any atom is 0.418 e. The van der Waals surface area contributed by atoms with Gasteiger partial charge in [-0.25, -0.2) is 0 Å². The van der Waals surface area contributed by atoms with Crippen LogP contribution in [0, 0.1) is 0 Å². The highest BCUT2D eigenvalue weighted by Gasteiger charge is 2.34. The Labute approximate surface area is 136 Å². The second-order valence-corrected chi connectivity index (χ2v) is 6.24. The van der Waals surface area contributed by atoms with Gasteiger partial charge < -0.3 is 5.32 Å². The van der Waals surface area contributed by atoms with Gasteiger partial charge in [0.2, 0.25) is 5.91 Å². The Morgan fingerprint density at radius 1 is 1.26 bits per heavy atom. The van der Waals surface area contributed by atoms with Gasteiger partial charge in [-0.05, 0) is 37.6 Å². The number of para-hydroxylation sites is 1. The van der Waals surface area contributed by atoms with Crippen molar-refractivity contribution in [1.29, 1.82) is 0 Å². The van der Waals surface area contributed by atoms with Crippen molar-refractivity contribution in [2.75, 3.05) is 12.4 Å². The number of halogens is 3. The van der Waals surface area contributed by atoms with Gasteiger partial charge in [-0.2, -0.15) is 13.2 Å². The Morgan fingerprint density at radius 3 is 2.57 bits per heavy atom. The summed E-state index contributed by atoms with van der Waals surface area (Å²) in [6.07, 6.45) is -4.50. The smallest absolute Gasteiger partial charge is 0.324 e. The van der Waals surface area contributed by atoms with Crippen molar-refractivity contribution in [3.8, 4) is 0 Å². The number of thiophene rings is 1. The van der Waals surface area contributed by atoms with E-state index in [2.05, 4.69) is 5.32 Å². The van der Waals surface area contributed by atoms with Crippen molar-refractivity contribution in [2.45, 2.75) is 25.7 Å². The molecule has 7 heteroatoms. The fraction of sp³-hybridized carbons (Fsp3) is 0.312. The van der Waals surface area contributed by atoms with Crippen LogP contribution >= 0.6 is 11.3 Å². The Bertz CT molecular complexity index is 656. The summed E-state index contributed by atoms with van der Waals surface area (Å²) in [5.74, 6) is -0.472. The maximum atomic E-state index is 13.0. The summed E-state index contributed by atoms with van der Waals surface area (Å²) in [6, 6.07) is 8.28. The highest BCUT2D eigenvalue weighted by Crippen LogP contribution is 2.34. The molecule has 124 valence electrons. The minimum atomic E-state index is -4.50. The second-order valence-electron chi connectivity index (χ2n) is 5.20. The largest absolute Gasteiger partial charge is 0.418 e. The molecule has 0 radical (unpaired) electrons. The van der Waals surface area contributed by atoms with Crippen molar-refractivity contribution in [1.82, 2.24) is 4.90 Å². The lowest BCUT2D eigenvalue weighted by Gasteiger charge is -2.24. The number of carbonyl (C=O) groups excluding carboxylic acids is 1. The average Bonchev–Trinajstić information content (AvgIpc) is 2.98. The number of alkyl halides is 3. The minimum absolute atomic E-state index is 0.221. The molecule has 1 heterocycles. The predicted molar refractivity (Wildman–Crippen MR) is 85.3 cm³/mol. The monoisotopic (exact) mass is 342 g/mol. The maximum absolute atomic E-state index is 13.0. The fourth-order valence-corrected chi connectivity index (χ4v) is 2.83. The zero-order valence-electron chi connectivity index (χ0n) is 12.7. The lowest BCUT2D eigenvalue weighted by Crippen LogP contribution is -2.39. The van der Waals surface area contributed by atoms with Crippen molar-refractivity contribution < 1.29 is 18.0 Å². The minimum Gasteiger partial charge on any atom is -0.324 e. The van der Waals surface area contributed by atoms with Crippen LogP contribution in [0.3, 0.4) is 0 Å². The first-order chi connectivity index (χ1) is 10.8. The van der Waals surface area contributed by atoms with Crippen molar-refractivity contribution in [2.24, 2.45) is 0 Å². The summed E-state index contributed by atoms with van der Waals surface area (Å²) in [5, 5.41) is 4.32. The normalized spacial score (nSPS) is 13.1. The number of amides is 1. The summed E-state index contributed by atoms with van der Waals surface area (Å²) in [4.78, 5) is 15.1. The summed E-state index contributed by atoms with van der Waals surface area (Å²) in [5.41, 5.74) is -1.07. The summed E-state index contributed by atoms with van der Waals surface area (Å²) >= 11 is 1.57. The van der Waals surface area contributed by atoms with E-state index in [0.717, 1.165) is 10.9 Å². The van der Waals surface area contributed by atoms with Crippen LogP contribution in [0.4, 0.5) is 18.9 Å². The van der Waals surface area contributed by atoms with E-state index in [0.29, 0.717) is 6.54 Å². The first-order valence-electron chi connectivity index (χ1n) is 6.98. The Balaban J connectivity index is 2.07. The van der Waals surface area contributed by atoms with Gasteiger partial charge >= 0.3 is 6.18 Å². The van der Waals surface area contributed by atoms with E-state index in [-0.39, 0.29) is 5.69 Å². The van der Waals surface area contributed by atoms with Gasteiger partial charge in [0.25, 0.3) is 0 Å². The molecular formula is C16H17F3N2OS. The SMILES string of the molecule is C[C@H](C(=O)Nc1ccccc1C(F)(F)F)N(C)Cc1cccs1. The fourth-order valence-electron chi connectivity index (χ4n) is 2.06. The first kappa shape index (κ1) is 17.5. The third-order valence-electron chi connectivity index (χ3n) is 3.52. The summed E-state index contributed by atoms with van der Waals surface area (Å²) in [6.45, 7) is 2.23. The van der Waals surface area contributed by atoms with Crippen molar-refractivity contribution in [3.05, 3.63) is 52.2 Å². The number of anilines is 1. The highest BCUT2D eigenvalue weighted by atomic mass is 32.1. The molecule has 0 fully saturated rings. The lowest BCUT2D eigenvalue weighted by molar-refractivity contribution is -0.137. The van der Waals surface area contributed by atoms with Crippen LogP contribution in [0.5, 0.6) is 0 Å². The first-order valence-corrected chi connectivity index (χ1v) is 7.86. The van der Waals surface area contributed by atoms with Gasteiger partial charge in [0, 0.05) is 11.4 Å². The van der Waals surface area contributed by atoms with Gasteiger partial charge in [0.05, 0.1) is 17.3 Å². The van der Waals surface area contributed by atoms with Crippen molar-refractivity contribution in [3.63, 3.8) is 0 Å². The molecule has 3 nitrogen and oxygen atoms in total. The standard InChI is InChI=1S/C16H17F3N2OS/c1-11(21(2)10-12-6-5-9-23-12)15(22)20-14-8-4-3-7-13(14)16(17,18)19/h3-9,11H,10H2,1-2H3,(H,20,22)/t11-/m1/s1. The number of rotatable bonds is 5. The zero-order chi connectivity index (χ0) is 17.0. The summed E-state index contributed by atoms with van der Waals surface area (Å²) in [7, 11) is 1.76. The van der Waals surface area contributed by atoms with Gasteiger partial charge in [-0.1, -0.05) is 18.2 Å². The molecule has 1 atom stereocenters. The molecule has 0 aliphatic heterocycles. The highest BCUT2D eigenvalue weighted by molar-refractivity contribution is 7.09. The predicted octanol–water partition coefficient (Wildman–Crippen LogP) is 4.23. The van der Waals surface area contributed by atoms with Gasteiger partial charge in [0.15, 0.2) is 0 Å². The third-order valence-corrected chi connectivity index (χ3v) is 4.38. The molecule has 1 aromatic carbocycles. The van der Waals surface area contributed by atoms with E-state index in [9.17, 15) is 18.0 Å². The Kier molecular flexibility index (Phi) is 5.43. The van der Waals surface area contributed by atoms with Crippen LogP contribution in [0.2, 0.25) is 0 Å². The number of nitrogens with one attached hydrogen (secondary N) is 1. The van der Waals surface area contributed by atoms with Crippen LogP contribution < -0.4 is 5.32 Å². The molecule has 1 N–H and O–H groups in total. The van der Waals surface area contributed by atoms with Crippen LogP contribution in [-0.4, -0.2) is 23.9 Å². The molecule has 0 aliphatic rings. The molecule has 1 aromatic heterocycles. The molecule has 0 aliphatic carbocycles. The quantitative estimate of drug-likeness (QED) is 0.882. The van der Waals surface area contributed by atoms with Crippen LogP contribution in [0.15, 0.2) is 41.8 Å². The molecule has 2 aromatic rings. The van der Waals surface area contributed by atoms with E-state index in [1.165, 1.54) is 18.2 Å². The van der Waals surface area contributed by atoms with E-state index < -0.39 is 23.7 Å². The molecule has 0 spiro atoms. The molecule has 1 amide bonds. The van der Waals surface area contributed by atoms with Crippen LogP contribution in [0.1, 0.15) is 17.4 Å². The number of likely N-dealkylation sites (N-methyl/N-ethyl adjacent to an activating group) is 1. The number of hydrogen-bond donors (Lipinski definition) is 1. The number of benzene rings is 1. The van der Waals surface area contributed by atoms with Gasteiger partial charge in [-0.15, -0.1) is 11.3 Å².